The molecular formula is C16H16N2O4. The molecule has 0 spiro atoms. The van der Waals surface area contributed by atoms with E-state index in [0.717, 1.165) is 11.3 Å². The van der Waals surface area contributed by atoms with Gasteiger partial charge in [-0.3, -0.25) is 4.79 Å². The van der Waals surface area contributed by atoms with Crippen LogP contribution in [0.25, 0.3) is 0 Å². The average molecular weight is 300 g/mol. The molecule has 1 aromatic carbocycles. The van der Waals surface area contributed by atoms with Gasteiger partial charge in [-0.15, -0.1) is 0 Å². The summed E-state index contributed by atoms with van der Waals surface area (Å²) in [6.45, 7) is 1.47. The summed E-state index contributed by atoms with van der Waals surface area (Å²) in [7, 11) is 1.58. The van der Waals surface area contributed by atoms with E-state index in [4.69, 9.17) is 9.47 Å². The first-order valence-electron chi connectivity index (χ1n) is 6.63. The van der Waals surface area contributed by atoms with Crippen LogP contribution in [0.5, 0.6) is 5.75 Å². The fourth-order valence-electron chi connectivity index (χ4n) is 1.78. The lowest BCUT2D eigenvalue weighted by molar-refractivity contribution is -0.114. The molecule has 0 bridgehead atoms. The summed E-state index contributed by atoms with van der Waals surface area (Å²) in [5.74, 6) is 0.0700. The van der Waals surface area contributed by atoms with Crippen LogP contribution in [0.15, 0.2) is 42.6 Å². The number of nitrogens with one attached hydrogen (secondary N) is 1. The van der Waals surface area contributed by atoms with Crippen molar-refractivity contribution in [2.24, 2.45) is 0 Å². The van der Waals surface area contributed by atoms with Gasteiger partial charge < -0.3 is 14.8 Å². The molecule has 0 aliphatic carbocycles. The molecule has 0 saturated carbocycles. The van der Waals surface area contributed by atoms with E-state index in [9.17, 15) is 9.59 Å². The number of esters is 1. The second kappa shape index (κ2) is 7.21. The minimum absolute atomic E-state index is 0.122. The number of anilines is 1. The zero-order chi connectivity index (χ0) is 15.9. The van der Waals surface area contributed by atoms with E-state index in [-0.39, 0.29) is 23.9 Å². The van der Waals surface area contributed by atoms with E-state index in [1.807, 2.05) is 12.1 Å². The van der Waals surface area contributed by atoms with Gasteiger partial charge in [0.05, 0.1) is 7.11 Å². The summed E-state index contributed by atoms with van der Waals surface area (Å²) in [5, 5.41) is 2.50. The first kappa shape index (κ1) is 15.5. The van der Waals surface area contributed by atoms with Crippen LogP contribution in [-0.2, 0) is 16.1 Å². The molecule has 0 aliphatic rings. The maximum Gasteiger partial charge on any atom is 0.342 e. The number of nitrogens with zero attached hydrogens (tertiary/aromatic N) is 1. The van der Waals surface area contributed by atoms with Crippen LogP contribution in [0.1, 0.15) is 22.8 Å². The number of hydrogen-bond acceptors (Lipinski definition) is 5. The van der Waals surface area contributed by atoms with Gasteiger partial charge in [-0.25, -0.2) is 9.78 Å². The SMILES string of the molecule is COc1ccc(COC(=O)c2cccnc2NC(C)=O)cc1. The van der Waals surface area contributed by atoms with Gasteiger partial charge in [-0.05, 0) is 29.8 Å². The molecule has 114 valence electrons. The Balaban J connectivity index is 2.04. The summed E-state index contributed by atoms with van der Waals surface area (Å²) in [6, 6.07) is 10.4. The molecule has 0 radical (unpaired) electrons. The maximum atomic E-state index is 12.1. The third-order valence-electron chi connectivity index (χ3n) is 2.85. The molecule has 2 aromatic rings. The van der Waals surface area contributed by atoms with E-state index >= 15 is 0 Å². The third-order valence-corrected chi connectivity index (χ3v) is 2.85. The third kappa shape index (κ3) is 4.05. The normalized spacial score (nSPS) is 9.91. The molecule has 2 rings (SSSR count). The lowest BCUT2D eigenvalue weighted by Gasteiger charge is -2.09. The second-order valence-electron chi connectivity index (χ2n) is 4.50. The fraction of sp³-hybridized carbons (Fsp3) is 0.188. The maximum absolute atomic E-state index is 12.1. The minimum Gasteiger partial charge on any atom is -0.497 e. The van der Waals surface area contributed by atoms with Crippen LogP contribution < -0.4 is 10.1 Å². The van der Waals surface area contributed by atoms with Crippen LogP contribution in [0.3, 0.4) is 0 Å². The number of rotatable bonds is 5. The molecule has 0 atom stereocenters. The van der Waals surface area contributed by atoms with Gasteiger partial charge in [0.2, 0.25) is 5.91 Å². The number of hydrogen-bond donors (Lipinski definition) is 1. The summed E-state index contributed by atoms with van der Waals surface area (Å²) in [5.41, 5.74) is 1.05. The molecule has 6 nitrogen and oxygen atoms in total. The summed E-state index contributed by atoms with van der Waals surface area (Å²) in [6.07, 6.45) is 1.49. The van der Waals surface area contributed by atoms with Crippen molar-refractivity contribution in [3.05, 3.63) is 53.7 Å². The standard InChI is InChI=1S/C16H16N2O4/c1-11(19)18-15-14(4-3-9-17-15)16(20)22-10-12-5-7-13(21-2)8-6-12/h3-9H,10H2,1-2H3,(H,17,18,19). The zero-order valence-corrected chi connectivity index (χ0v) is 12.3. The molecular weight excluding hydrogens is 284 g/mol. The van der Waals surface area contributed by atoms with E-state index < -0.39 is 5.97 Å². The molecule has 0 unspecified atom stereocenters. The van der Waals surface area contributed by atoms with Crippen LogP contribution in [0.4, 0.5) is 5.82 Å². The highest BCUT2D eigenvalue weighted by Crippen LogP contribution is 2.15. The highest BCUT2D eigenvalue weighted by molar-refractivity contribution is 5.99. The predicted octanol–water partition coefficient (Wildman–Crippen LogP) is 2.41. The molecule has 1 N–H and O–H groups in total. The number of carbonyl (C=O) groups is 2. The van der Waals surface area contributed by atoms with Gasteiger partial charge in [0.25, 0.3) is 0 Å². The van der Waals surface area contributed by atoms with Crippen molar-refractivity contribution >= 4 is 17.7 Å². The van der Waals surface area contributed by atoms with Crippen molar-refractivity contribution in [3.8, 4) is 5.75 Å². The molecule has 1 heterocycles. The van der Waals surface area contributed by atoms with Crippen LogP contribution in [0.2, 0.25) is 0 Å². The molecule has 22 heavy (non-hydrogen) atoms. The Kier molecular flexibility index (Phi) is 5.08. The number of methoxy groups -OCH3 is 1. The smallest absolute Gasteiger partial charge is 0.342 e. The van der Waals surface area contributed by atoms with Crippen LogP contribution in [0, 0.1) is 0 Å². The quantitative estimate of drug-likeness (QED) is 0.858. The van der Waals surface area contributed by atoms with E-state index in [0.29, 0.717) is 0 Å². The first-order valence-corrected chi connectivity index (χ1v) is 6.63. The van der Waals surface area contributed by atoms with Gasteiger partial charge >= 0.3 is 5.97 Å². The van der Waals surface area contributed by atoms with Crippen LogP contribution in [-0.4, -0.2) is 24.0 Å². The molecule has 1 amide bonds. The average Bonchev–Trinajstić information content (AvgIpc) is 2.53. The summed E-state index contributed by atoms with van der Waals surface area (Å²) >= 11 is 0. The van der Waals surface area contributed by atoms with Gasteiger partial charge in [0.1, 0.15) is 23.7 Å². The van der Waals surface area contributed by atoms with Gasteiger partial charge in [0, 0.05) is 13.1 Å². The van der Waals surface area contributed by atoms with E-state index in [1.165, 1.54) is 13.1 Å². The van der Waals surface area contributed by atoms with Crippen molar-refractivity contribution in [3.63, 3.8) is 0 Å². The van der Waals surface area contributed by atoms with Crippen molar-refractivity contribution in [1.82, 2.24) is 4.98 Å². The van der Waals surface area contributed by atoms with Crippen molar-refractivity contribution < 1.29 is 19.1 Å². The van der Waals surface area contributed by atoms with Crippen molar-refractivity contribution in [2.75, 3.05) is 12.4 Å². The van der Waals surface area contributed by atoms with Crippen LogP contribution >= 0.6 is 0 Å². The monoisotopic (exact) mass is 300 g/mol. The lowest BCUT2D eigenvalue weighted by atomic mass is 10.2. The largest absolute Gasteiger partial charge is 0.497 e. The predicted molar refractivity (Wildman–Crippen MR) is 80.7 cm³/mol. The first-order chi connectivity index (χ1) is 10.6. The van der Waals surface area contributed by atoms with E-state index in [2.05, 4.69) is 10.3 Å². The minimum atomic E-state index is -0.548. The Morgan fingerprint density at radius 2 is 1.91 bits per heavy atom. The zero-order valence-electron chi connectivity index (χ0n) is 12.3. The Morgan fingerprint density at radius 3 is 2.55 bits per heavy atom. The fourth-order valence-corrected chi connectivity index (χ4v) is 1.78. The molecule has 1 aromatic heterocycles. The number of carbonyl (C=O) groups excluding carboxylic acids is 2. The number of aromatic nitrogens is 1. The van der Waals surface area contributed by atoms with Crippen molar-refractivity contribution in [1.29, 1.82) is 0 Å². The van der Waals surface area contributed by atoms with E-state index in [1.54, 1.807) is 31.4 Å². The summed E-state index contributed by atoms with van der Waals surface area (Å²) < 4.78 is 10.3. The van der Waals surface area contributed by atoms with Gasteiger partial charge in [-0.2, -0.15) is 0 Å². The van der Waals surface area contributed by atoms with Gasteiger partial charge in [0.15, 0.2) is 0 Å². The Hall–Kier alpha value is -2.89. The number of ether oxygens (including phenoxy) is 2. The highest BCUT2D eigenvalue weighted by Gasteiger charge is 2.14. The molecule has 0 aliphatic heterocycles. The summed E-state index contributed by atoms with van der Waals surface area (Å²) in [4.78, 5) is 27.2. The van der Waals surface area contributed by atoms with Gasteiger partial charge in [-0.1, -0.05) is 12.1 Å². The van der Waals surface area contributed by atoms with Crippen molar-refractivity contribution in [2.45, 2.75) is 13.5 Å². The Bertz CT molecular complexity index is 668. The number of amides is 1. The Labute approximate surface area is 128 Å². The highest BCUT2D eigenvalue weighted by atomic mass is 16.5. The molecule has 0 fully saturated rings. The molecule has 6 heteroatoms. The molecule has 0 saturated heterocycles. The number of benzene rings is 1. The number of pyridine rings is 1. The lowest BCUT2D eigenvalue weighted by Crippen LogP contribution is -2.14. The topological polar surface area (TPSA) is 77.5 Å². The Morgan fingerprint density at radius 1 is 1.18 bits per heavy atom. The second-order valence-corrected chi connectivity index (χ2v) is 4.50.